The summed E-state index contributed by atoms with van der Waals surface area (Å²) >= 11 is 5.47. The maximum absolute atomic E-state index is 12.8. The summed E-state index contributed by atoms with van der Waals surface area (Å²) in [5, 5.41) is 11.1. The summed E-state index contributed by atoms with van der Waals surface area (Å²) in [6.07, 6.45) is 1.01. The van der Waals surface area contributed by atoms with Crippen LogP contribution in [0.25, 0.3) is 0 Å². The predicted octanol–water partition coefficient (Wildman–Crippen LogP) is 2.29. The molecule has 0 heterocycles. The predicted molar refractivity (Wildman–Crippen MR) is 40.8 cm³/mol. The van der Waals surface area contributed by atoms with Crippen LogP contribution in [0.4, 0.5) is 4.39 Å². The Balaban J connectivity index is 3.09. The number of halogens is 2. The van der Waals surface area contributed by atoms with Crippen LogP contribution in [0.3, 0.4) is 0 Å². The highest BCUT2D eigenvalue weighted by atomic mass is 35.5. The van der Waals surface area contributed by atoms with Crippen molar-refractivity contribution in [2.75, 3.05) is 0 Å². The Kier molecular flexibility index (Phi) is 2.44. The standard InChI is InChI=1S/C7H5ClFNO/c8-6-2-1-5(4-10-11)7(9)3-6/h1-4,11H/b10-4+. The minimum absolute atomic E-state index is 0.205. The average molecular weight is 174 g/mol. The average Bonchev–Trinajstić information content (AvgIpc) is 1.95. The van der Waals surface area contributed by atoms with Gasteiger partial charge in [-0.25, -0.2) is 4.39 Å². The fourth-order valence-electron chi connectivity index (χ4n) is 0.668. The van der Waals surface area contributed by atoms with Crippen LogP contribution < -0.4 is 0 Å². The molecule has 0 radical (unpaired) electrons. The number of benzene rings is 1. The van der Waals surface area contributed by atoms with Gasteiger partial charge in [0.05, 0.1) is 6.21 Å². The molecular weight excluding hydrogens is 169 g/mol. The number of hydrogen-bond acceptors (Lipinski definition) is 2. The summed E-state index contributed by atoms with van der Waals surface area (Å²) in [5.74, 6) is -0.504. The van der Waals surface area contributed by atoms with E-state index in [0.717, 1.165) is 12.3 Å². The zero-order chi connectivity index (χ0) is 8.27. The van der Waals surface area contributed by atoms with E-state index >= 15 is 0 Å². The smallest absolute Gasteiger partial charge is 0.133 e. The van der Waals surface area contributed by atoms with Crippen LogP contribution in [0.1, 0.15) is 5.56 Å². The molecular formula is C7H5ClFNO. The topological polar surface area (TPSA) is 32.6 Å². The highest BCUT2D eigenvalue weighted by Crippen LogP contribution is 2.12. The largest absolute Gasteiger partial charge is 0.411 e. The van der Waals surface area contributed by atoms with Gasteiger partial charge in [-0.15, -0.1) is 0 Å². The molecule has 0 amide bonds. The lowest BCUT2D eigenvalue weighted by molar-refractivity contribution is 0.321. The zero-order valence-electron chi connectivity index (χ0n) is 5.46. The van der Waals surface area contributed by atoms with Crippen LogP contribution in [-0.4, -0.2) is 11.4 Å². The first kappa shape index (κ1) is 8.01. The second-order valence-corrected chi connectivity index (χ2v) is 2.35. The van der Waals surface area contributed by atoms with Gasteiger partial charge in [0.15, 0.2) is 0 Å². The second kappa shape index (κ2) is 3.34. The second-order valence-electron chi connectivity index (χ2n) is 1.91. The van der Waals surface area contributed by atoms with Crippen molar-refractivity contribution in [3.8, 4) is 0 Å². The van der Waals surface area contributed by atoms with Crippen LogP contribution in [0.15, 0.2) is 23.4 Å². The van der Waals surface area contributed by atoms with Crippen molar-refractivity contribution in [1.82, 2.24) is 0 Å². The third-order valence-electron chi connectivity index (χ3n) is 1.16. The third kappa shape index (κ3) is 1.91. The first-order chi connectivity index (χ1) is 5.24. The van der Waals surface area contributed by atoms with E-state index in [4.69, 9.17) is 16.8 Å². The lowest BCUT2D eigenvalue weighted by Gasteiger charge is -1.94. The fourth-order valence-corrected chi connectivity index (χ4v) is 0.827. The lowest BCUT2D eigenvalue weighted by atomic mass is 10.2. The zero-order valence-corrected chi connectivity index (χ0v) is 6.22. The molecule has 4 heteroatoms. The molecule has 11 heavy (non-hydrogen) atoms. The summed E-state index contributed by atoms with van der Waals surface area (Å²) in [6.45, 7) is 0. The molecule has 0 aromatic heterocycles. The van der Waals surface area contributed by atoms with Crippen LogP contribution in [-0.2, 0) is 0 Å². The molecule has 58 valence electrons. The summed E-state index contributed by atoms with van der Waals surface area (Å²) < 4.78 is 12.8. The first-order valence-electron chi connectivity index (χ1n) is 2.86. The highest BCUT2D eigenvalue weighted by molar-refractivity contribution is 6.30. The molecule has 0 saturated heterocycles. The Hall–Kier alpha value is -1.09. The van der Waals surface area contributed by atoms with Crippen molar-refractivity contribution in [3.05, 3.63) is 34.6 Å². The highest BCUT2D eigenvalue weighted by Gasteiger charge is 1.98. The molecule has 0 aliphatic carbocycles. The molecule has 0 spiro atoms. The van der Waals surface area contributed by atoms with Gasteiger partial charge in [0.25, 0.3) is 0 Å². The van der Waals surface area contributed by atoms with Crippen molar-refractivity contribution in [1.29, 1.82) is 0 Å². The maximum atomic E-state index is 12.8. The van der Waals surface area contributed by atoms with E-state index in [1.54, 1.807) is 0 Å². The van der Waals surface area contributed by atoms with E-state index in [1.807, 2.05) is 0 Å². The number of oxime groups is 1. The fraction of sp³-hybridized carbons (Fsp3) is 0. The molecule has 1 N–H and O–H groups in total. The molecule has 2 nitrogen and oxygen atoms in total. The Morgan fingerprint density at radius 2 is 2.27 bits per heavy atom. The van der Waals surface area contributed by atoms with Crippen molar-refractivity contribution < 1.29 is 9.60 Å². The monoisotopic (exact) mass is 173 g/mol. The molecule has 0 unspecified atom stereocenters. The van der Waals surface area contributed by atoms with E-state index in [-0.39, 0.29) is 5.56 Å². The Bertz CT molecular complexity index is 288. The summed E-state index contributed by atoms with van der Waals surface area (Å²) in [7, 11) is 0. The maximum Gasteiger partial charge on any atom is 0.133 e. The summed E-state index contributed by atoms with van der Waals surface area (Å²) in [6, 6.07) is 4.09. The van der Waals surface area contributed by atoms with Crippen molar-refractivity contribution in [2.45, 2.75) is 0 Å². The quantitative estimate of drug-likeness (QED) is 0.395. The third-order valence-corrected chi connectivity index (χ3v) is 1.39. The van der Waals surface area contributed by atoms with Gasteiger partial charge in [-0.3, -0.25) is 0 Å². The van der Waals surface area contributed by atoms with Crippen LogP contribution in [0.5, 0.6) is 0 Å². The molecule has 0 aliphatic rings. The normalized spacial score (nSPS) is 10.7. The van der Waals surface area contributed by atoms with Gasteiger partial charge < -0.3 is 5.21 Å². The van der Waals surface area contributed by atoms with Gasteiger partial charge >= 0.3 is 0 Å². The number of nitrogens with zero attached hydrogens (tertiary/aromatic N) is 1. The SMILES string of the molecule is O/N=C/c1ccc(Cl)cc1F. The van der Waals surface area contributed by atoms with Crippen molar-refractivity contribution in [2.24, 2.45) is 5.16 Å². The van der Waals surface area contributed by atoms with Crippen LogP contribution in [0.2, 0.25) is 5.02 Å². The molecule has 0 fully saturated rings. The van der Waals surface area contributed by atoms with Gasteiger partial charge in [-0.2, -0.15) is 0 Å². The van der Waals surface area contributed by atoms with Crippen LogP contribution >= 0.6 is 11.6 Å². The van der Waals surface area contributed by atoms with E-state index in [1.165, 1.54) is 12.1 Å². The Morgan fingerprint density at radius 3 is 2.82 bits per heavy atom. The van der Waals surface area contributed by atoms with Gasteiger partial charge in [0.2, 0.25) is 0 Å². The van der Waals surface area contributed by atoms with E-state index in [2.05, 4.69) is 5.16 Å². The molecule has 1 aromatic carbocycles. The van der Waals surface area contributed by atoms with Gasteiger partial charge in [-0.1, -0.05) is 16.8 Å². The molecule has 0 bridgehead atoms. The van der Waals surface area contributed by atoms with Crippen molar-refractivity contribution >= 4 is 17.8 Å². The Labute approximate surface area is 67.9 Å². The van der Waals surface area contributed by atoms with Crippen LogP contribution in [0, 0.1) is 5.82 Å². The summed E-state index contributed by atoms with van der Waals surface area (Å²) in [4.78, 5) is 0. The number of hydrogen-bond donors (Lipinski definition) is 1. The van der Waals surface area contributed by atoms with Gasteiger partial charge in [-0.05, 0) is 18.2 Å². The van der Waals surface area contributed by atoms with Crippen molar-refractivity contribution in [3.63, 3.8) is 0 Å². The van der Waals surface area contributed by atoms with E-state index in [9.17, 15) is 4.39 Å². The molecule has 0 aliphatic heterocycles. The molecule has 1 rings (SSSR count). The van der Waals surface area contributed by atoms with E-state index < -0.39 is 5.82 Å². The minimum atomic E-state index is -0.504. The summed E-state index contributed by atoms with van der Waals surface area (Å²) in [5.41, 5.74) is 0.205. The number of rotatable bonds is 1. The lowest BCUT2D eigenvalue weighted by Crippen LogP contribution is -1.86. The Morgan fingerprint density at radius 1 is 1.55 bits per heavy atom. The molecule has 0 atom stereocenters. The van der Waals surface area contributed by atoms with Gasteiger partial charge in [0.1, 0.15) is 5.82 Å². The molecule has 1 aromatic rings. The van der Waals surface area contributed by atoms with E-state index in [0.29, 0.717) is 5.02 Å². The van der Waals surface area contributed by atoms with Gasteiger partial charge in [0, 0.05) is 10.6 Å². The first-order valence-corrected chi connectivity index (χ1v) is 3.24. The minimum Gasteiger partial charge on any atom is -0.411 e. The molecule has 0 saturated carbocycles.